The van der Waals surface area contributed by atoms with Gasteiger partial charge >= 0.3 is 15.4 Å². The zero-order valence-electron chi connectivity index (χ0n) is 14.2. The van der Waals surface area contributed by atoms with Gasteiger partial charge in [-0.15, -0.1) is 0 Å². The Kier molecular flexibility index (Phi) is 10.5. The maximum absolute atomic E-state index is 12.5. The number of phosphoric acid groups is 1. The number of allylic oxidation sites excluding steroid dienone is 1. The van der Waals surface area contributed by atoms with Crippen molar-refractivity contribution in [1.29, 1.82) is 0 Å². The molecule has 132 valence electrons. The molecule has 0 aromatic carbocycles. The number of rotatable bonds is 12. The first-order valence-electron chi connectivity index (χ1n) is 7.34. The van der Waals surface area contributed by atoms with Gasteiger partial charge in [0.05, 0.1) is 37.8 Å². The fraction of sp³-hybridized carbons (Fsp3) is 0.846. The van der Waals surface area contributed by atoms with Crippen molar-refractivity contribution in [2.75, 3.05) is 19.4 Å². The lowest BCUT2D eigenvalue weighted by Gasteiger charge is -2.21. The lowest BCUT2D eigenvalue weighted by molar-refractivity contribution is 0.143. The zero-order valence-corrected chi connectivity index (χ0v) is 16.0. The lowest BCUT2D eigenvalue weighted by atomic mass is 10.5. The van der Waals surface area contributed by atoms with Crippen molar-refractivity contribution in [3.8, 4) is 0 Å². The summed E-state index contributed by atoms with van der Waals surface area (Å²) in [4.78, 5) is 0. The Labute approximate surface area is 133 Å². The van der Waals surface area contributed by atoms with E-state index in [0.29, 0.717) is 0 Å². The number of hydrogen-bond acceptors (Lipinski definition) is 7. The SMILES string of the molecule is CCOP(=O)(O/C=C/CP(=O)(OC(C)C)OC(C)C)OCC. The highest BCUT2D eigenvalue weighted by atomic mass is 31.2. The number of hydrogen-bond donors (Lipinski definition) is 0. The summed E-state index contributed by atoms with van der Waals surface area (Å²) in [6.45, 7) is 10.8. The summed E-state index contributed by atoms with van der Waals surface area (Å²) < 4.78 is 50.2. The van der Waals surface area contributed by atoms with Crippen LogP contribution in [0, 0.1) is 0 Å². The van der Waals surface area contributed by atoms with E-state index in [0.717, 1.165) is 6.26 Å². The van der Waals surface area contributed by atoms with Gasteiger partial charge in [-0.3, -0.25) is 13.6 Å². The second-order valence-corrected chi connectivity index (χ2v) is 8.49. The van der Waals surface area contributed by atoms with Crippen LogP contribution in [0.4, 0.5) is 0 Å². The predicted molar refractivity (Wildman–Crippen MR) is 86.0 cm³/mol. The molecule has 0 spiro atoms. The van der Waals surface area contributed by atoms with Gasteiger partial charge in [-0.05, 0) is 47.6 Å². The van der Waals surface area contributed by atoms with E-state index < -0.39 is 15.4 Å². The summed E-state index contributed by atoms with van der Waals surface area (Å²) in [7, 11) is -6.90. The molecule has 0 rings (SSSR count). The van der Waals surface area contributed by atoms with Gasteiger partial charge in [0.15, 0.2) is 0 Å². The normalized spacial score (nSPS) is 13.5. The molecule has 7 nitrogen and oxygen atoms in total. The molecule has 0 aliphatic rings. The molecule has 0 bridgehead atoms. The average Bonchev–Trinajstić information content (AvgIpc) is 2.33. The molecule has 0 unspecified atom stereocenters. The second kappa shape index (κ2) is 10.6. The molecule has 0 saturated heterocycles. The van der Waals surface area contributed by atoms with E-state index in [2.05, 4.69) is 0 Å². The molecular formula is C13H28O7P2. The minimum Gasteiger partial charge on any atom is -0.412 e. The van der Waals surface area contributed by atoms with Gasteiger partial charge in [0.25, 0.3) is 0 Å². The average molecular weight is 358 g/mol. The predicted octanol–water partition coefficient (Wildman–Crippen LogP) is 4.74. The molecule has 0 saturated carbocycles. The van der Waals surface area contributed by atoms with Gasteiger partial charge in [0, 0.05) is 0 Å². The van der Waals surface area contributed by atoms with Crippen LogP contribution in [0.15, 0.2) is 12.3 Å². The first kappa shape index (κ1) is 21.8. The molecule has 0 amide bonds. The lowest BCUT2D eigenvalue weighted by Crippen LogP contribution is -2.09. The monoisotopic (exact) mass is 358 g/mol. The van der Waals surface area contributed by atoms with E-state index in [1.54, 1.807) is 41.5 Å². The van der Waals surface area contributed by atoms with E-state index in [9.17, 15) is 9.13 Å². The van der Waals surface area contributed by atoms with Crippen molar-refractivity contribution in [3.05, 3.63) is 12.3 Å². The van der Waals surface area contributed by atoms with Crippen LogP contribution in [0.5, 0.6) is 0 Å². The maximum atomic E-state index is 12.5. The Morgan fingerprint density at radius 1 is 0.909 bits per heavy atom. The van der Waals surface area contributed by atoms with E-state index in [1.165, 1.54) is 6.08 Å². The fourth-order valence-corrected chi connectivity index (χ4v) is 4.37. The highest BCUT2D eigenvalue weighted by molar-refractivity contribution is 7.54. The zero-order chi connectivity index (χ0) is 17.2. The molecule has 0 aliphatic heterocycles. The van der Waals surface area contributed by atoms with E-state index >= 15 is 0 Å². The third kappa shape index (κ3) is 9.78. The molecule has 9 heteroatoms. The van der Waals surface area contributed by atoms with Crippen LogP contribution in [0.3, 0.4) is 0 Å². The first-order valence-corrected chi connectivity index (χ1v) is 10.5. The Balaban J connectivity index is 4.70. The van der Waals surface area contributed by atoms with Gasteiger partial charge in [-0.25, -0.2) is 4.57 Å². The summed E-state index contributed by atoms with van der Waals surface area (Å²) in [5.41, 5.74) is 0. The van der Waals surface area contributed by atoms with Gasteiger partial charge in [-0.1, -0.05) is 0 Å². The van der Waals surface area contributed by atoms with Crippen molar-refractivity contribution < 1.29 is 31.7 Å². The van der Waals surface area contributed by atoms with Gasteiger partial charge in [-0.2, -0.15) is 0 Å². The highest BCUT2D eigenvalue weighted by Crippen LogP contribution is 2.52. The third-order valence-electron chi connectivity index (χ3n) is 1.93. The molecule has 0 atom stereocenters. The third-order valence-corrected chi connectivity index (χ3v) is 5.60. The summed E-state index contributed by atoms with van der Waals surface area (Å²) in [6, 6.07) is 0. The molecule has 0 heterocycles. The van der Waals surface area contributed by atoms with Gasteiger partial charge < -0.3 is 13.6 Å². The Morgan fingerprint density at radius 3 is 1.73 bits per heavy atom. The number of phosphoric ester groups is 1. The molecule has 0 aromatic heterocycles. The van der Waals surface area contributed by atoms with Gasteiger partial charge in [0.2, 0.25) is 0 Å². The quantitative estimate of drug-likeness (QED) is 0.368. The molecule has 0 aromatic rings. The molecule has 0 N–H and O–H groups in total. The van der Waals surface area contributed by atoms with E-state index in [1.807, 2.05) is 0 Å². The van der Waals surface area contributed by atoms with Crippen LogP contribution < -0.4 is 0 Å². The highest BCUT2D eigenvalue weighted by Gasteiger charge is 2.27. The largest absolute Gasteiger partial charge is 0.529 e. The van der Waals surface area contributed by atoms with E-state index in [-0.39, 0.29) is 31.6 Å². The first-order chi connectivity index (χ1) is 10.2. The van der Waals surface area contributed by atoms with Gasteiger partial charge in [0.1, 0.15) is 0 Å². The van der Waals surface area contributed by atoms with Crippen LogP contribution in [0.1, 0.15) is 41.5 Å². The van der Waals surface area contributed by atoms with Crippen LogP contribution >= 0.6 is 15.4 Å². The smallest absolute Gasteiger partial charge is 0.412 e. The van der Waals surface area contributed by atoms with Crippen LogP contribution in [-0.4, -0.2) is 31.6 Å². The summed E-state index contributed by atoms with van der Waals surface area (Å²) in [5.74, 6) is 0. The van der Waals surface area contributed by atoms with Crippen molar-refractivity contribution in [2.24, 2.45) is 0 Å². The molecule has 0 radical (unpaired) electrons. The molecule has 0 aliphatic carbocycles. The van der Waals surface area contributed by atoms with E-state index in [4.69, 9.17) is 22.6 Å². The Morgan fingerprint density at radius 2 is 1.36 bits per heavy atom. The van der Waals surface area contributed by atoms with Crippen molar-refractivity contribution in [2.45, 2.75) is 53.8 Å². The molecule has 22 heavy (non-hydrogen) atoms. The maximum Gasteiger partial charge on any atom is 0.529 e. The fourth-order valence-electron chi connectivity index (χ4n) is 1.46. The van der Waals surface area contributed by atoms with Crippen LogP contribution in [0.25, 0.3) is 0 Å². The molecular weight excluding hydrogens is 330 g/mol. The van der Waals surface area contributed by atoms with Crippen molar-refractivity contribution >= 4 is 15.4 Å². The second-order valence-electron chi connectivity index (χ2n) is 4.86. The Hall–Kier alpha value is -0.160. The van der Waals surface area contributed by atoms with Crippen LogP contribution in [0.2, 0.25) is 0 Å². The van der Waals surface area contributed by atoms with Crippen molar-refractivity contribution in [3.63, 3.8) is 0 Å². The van der Waals surface area contributed by atoms with Crippen LogP contribution in [-0.2, 0) is 31.7 Å². The Bertz CT molecular complexity index is 397. The summed E-state index contributed by atoms with van der Waals surface area (Å²) in [5, 5.41) is 0. The standard InChI is InChI=1S/C13H28O7P2/c1-7-16-22(15,17-8-2)18-10-9-11-21(14,19-12(3)4)20-13(5)6/h9-10,12-13H,7-8,11H2,1-6H3/b10-9+. The summed E-state index contributed by atoms with van der Waals surface area (Å²) >= 11 is 0. The topological polar surface area (TPSA) is 80.3 Å². The molecule has 0 fully saturated rings. The van der Waals surface area contributed by atoms with Crippen molar-refractivity contribution in [1.82, 2.24) is 0 Å². The minimum absolute atomic E-state index is 0.00160. The minimum atomic E-state index is -3.61. The summed E-state index contributed by atoms with van der Waals surface area (Å²) in [6.07, 6.45) is 2.10.